The molecular weight excluding hydrogens is 280 g/mol. The average molecular weight is 308 g/mol. The molecule has 0 spiro atoms. The Balaban J connectivity index is 2.33. The highest BCUT2D eigenvalue weighted by Crippen LogP contribution is 2.36. The number of methoxy groups -OCH3 is 1. The van der Waals surface area contributed by atoms with E-state index in [1.807, 2.05) is 0 Å². The number of thioether (sulfide) groups is 1. The first-order valence-electron chi connectivity index (χ1n) is 7.98. The van der Waals surface area contributed by atoms with Crippen molar-refractivity contribution in [3.05, 3.63) is 23.8 Å². The normalized spacial score (nSPS) is 20.4. The largest absolute Gasteiger partial charge is 0.496 e. The Kier molecular flexibility index (Phi) is 6.24. The summed E-state index contributed by atoms with van der Waals surface area (Å²) in [6.07, 6.45) is 1.24. The number of ether oxygens (including phenoxy) is 1. The molecule has 0 bridgehead atoms. The minimum Gasteiger partial charge on any atom is -0.496 e. The fourth-order valence-corrected chi connectivity index (χ4v) is 4.19. The topological polar surface area (TPSA) is 24.5 Å². The Morgan fingerprint density at radius 3 is 2.90 bits per heavy atom. The van der Waals surface area contributed by atoms with E-state index in [4.69, 9.17) is 4.74 Å². The van der Waals surface area contributed by atoms with Crippen LogP contribution in [0.1, 0.15) is 38.8 Å². The SMILES string of the molecule is CCNC(C)c1c(OC)cccc1N1CCSC(CC)C1. The third kappa shape index (κ3) is 3.86. The van der Waals surface area contributed by atoms with Crippen LogP contribution in [0.5, 0.6) is 5.75 Å². The van der Waals surface area contributed by atoms with Crippen molar-refractivity contribution < 1.29 is 4.74 Å². The van der Waals surface area contributed by atoms with Gasteiger partial charge in [-0.05, 0) is 32.0 Å². The Morgan fingerprint density at radius 1 is 1.43 bits per heavy atom. The molecule has 1 aliphatic rings. The highest BCUT2D eigenvalue weighted by Gasteiger charge is 2.24. The molecule has 0 aromatic heterocycles. The highest BCUT2D eigenvalue weighted by atomic mass is 32.2. The van der Waals surface area contributed by atoms with Gasteiger partial charge in [0.25, 0.3) is 0 Å². The lowest BCUT2D eigenvalue weighted by atomic mass is 10.0. The second-order valence-electron chi connectivity index (χ2n) is 5.52. The van der Waals surface area contributed by atoms with Crippen molar-refractivity contribution in [3.8, 4) is 5.75 Å². The smallest absolute Gasteiger partial charge is 0.125 e. The molecule has 1 aliphatic heterocycles. The number of benzene rings is 1. The lowest BCUT2D eigenvalue weighted by Gasteiger charge is -2.36. The van der Waals surface area contributed by atoms with Gasteiger partial charge in [0, 0.05) is 41.4 Å². The molecular formula is C17H28N2OS. The maximum absolute atomic E-state index is 5.63. The summed E-state index contributed by atoms with van der Waals surface area (Å²) >= 11 is 2.11. The maximum Gasteiger partial charge on any atom is 0.125 e. The van der Waals surface area contributed by atoms with Gasteiger partial charge in [0.15, 0.2) is 0 Å². The third-order valence-corrected chi connectivity index (χ3v) is 5.51. The van der Waals surface area contributed by atoms with Crippen molar-refractivity contribution in [1.29, 1.82) is 0 Å². The zero-order valence-corrected chi connectivity index (χ0v) is 14.5. The van der Waals surface area contributed by atoms with Crippen LogP contribution in [-0.4, -0.2) is 37.7 Å². The molecule has 21 heavy (non-hydrogen) atoms. The average Bonchev–Trinajstić information content (AvgIpc) is 2.54. The molecule has 118 valence electrons. The van der Waals surface area contributed by atoms with Crippen molar-refractivity contribution in [2.45, 2.75) is 38.5 Å². The molecule has 4 heteroatoms. The predicted molar refractivity (Wildman–Crippen MR) is 93.8 cm³/mol. The second kappa shape index (κ2) is 7.95. The zero-order chi connectivity index (χ0) is 15.2. The molecule has 1 N–H and O–H groups in total. The first-order chi connectivity index (χ1) is 10.2. The standard InChI is InChI=1S/C17H28N2OS/c1-5-14-12-19(10-11-21-14)15-8-7-9-16(20-4)17(15)13(3)18-6-2/h7-9,13-14,18H,5-6,10-12H2,1-4H3. The monoisotopic (exact) mass is 308 g/mol. The lowest BCUT2D eigenvalue weighted by Crippen LogP contribution is -2.38. The first-order valence-corrected chi connectivity index (χ1v) is 9.02. The van der Waals surface area contributed by atoms with Gasteiger partial charge in [0.1, 0.15) is 5.75 Å². The predicted octanol–water partition coefficient (Wildman–Crippen LogP) is 3.70. The summed E-state index contributed by atoms with van der Waals surface area (Å²) in [7, 11) is 1.77. The third-order valence-electron chi connectivity index (χ3n) is 4.14. The van der Waals surface area contributed by atoms with Gasteiger partial charge in [-0.25, -0.2) is 0 Å². The summed E-state index contributed by atoms with van der Waals surface area (Å²) in [5.74, 6) is 2.21. The van der Waals surface area contributed by atoms with Crippen LogP contribution in [0.4, 0.5) is 5.69 Å². The number of hydrogen-bond donors (Lipinski definition) is 1. The minimum atomic E-state index is 0.302. The second-order valence-corrected chi connectivity index (χ2v) is 6.93. The summed E-state index contributed by atoms with van der Waals surface area (Å²) in [5, 5.41) is 4.27. The Bertz CT molecular complexity index is 452. The highest BCUT2D eigenvalue weighted by molar-refractivity contribution is 8.00. The Labute approximate surface area is 133 Å². The van der Waals surface area contributed by atoms with Crippen molar-refractivity contribution in [2.24, 2.45) is 0 Å². The molecule has 2 unspecified atom stereocenters. The molecule has 2 rings (SSSR count). The van der Waals surface area contributed by atoms with Crippen LogP contribution in [0, 0.1) is 0 Å². The molecule has 1 fully saturated rings. The summed E-state index contributed by atoms with van der Waals surface area (Å²) < 4.78 is 5.63. The van der Waals surface area contributed by atoms with E-state index < -0.39 is 0 Å². The molecule has 0 amide bonds. The van der Waals surface area contributed by atoms with Gasteiger partial charge in [0.2, 0.25) is 0 Å². The number of anilines is 1. The molecule has 3 nitrogen and oxygen atoms in total. The molecule has 1 saturated heterocycles. The van der Waals surface area contributed by atoms with E-state index in [-0.39, 0.29) is 0 Å². The molecule has 0 aliphatic carbocycles. The van der Waals surface area contributed by atoms with E-state index in [1.165, 1.54) is 23.4 Å². The van der Waals surface area contributed by atoms with Crippen LogP contribution in [0.25, 0.3) is 0 Å². The Hall–Kier alpha value is -0.870. The minimum absolute atomic E-state index is 0.302. The molecule has 1 aromatic rings. The van der Waals surface area contributed by atoms with Crippen LogP contribution in [-0.2, 0) is 0 Å². The summed E-state index contributed by atoms with van der Waals surface area (Å²) in [6.45, 7) is 9.89. The van der Waals surface area contributed by atoms with E-state index in [0.29, 0.717) is 6.04 Å². The van der Waals surface area contributed by atoms with Gasteiger partial charge in [0.05, 0.1) is 7.11 Å². The molecule has 1 heterocycles. The van der Waals surface area contributed by atoms with Crippen LogP contribution < -0.4 is 15.0 Å². The lowest BCUT2D eigenvalue weighted by molar-refractivity contribution is 0.402. The van der Waals surface area contributed by atoms with Gasteiger partial charge >= 0.3 is 0 Å². The maximum atomic E-state index is 5.63. The van der Waals surface area contributed by atoms with Crippen molar-refractivity contribution in [1.82, 2.24) is 5.32 Å². The first kappa shape index (κ1) is 16.5. The molecule has 1 aromatic carbocycles. The number of hydrogen-bond acceptors (Lipinski definition) is 4. The summed E-state index contributed by atoms with van der Waals surface area (Å²) in [4.78, 5) is 2.54. The van der Waals surface area contributed by atoms with Gasteiger partial charge in [-0.1, -0.05) is 19.9 Å². The number of nitrogens with zero attached hydrogens (tertiary/aromatic N) is 1. The van der Waals surface area contributed by atoms with Gasteiger partial charge in [-0.3, -0.25) is 0 Å². The van der Waals surface area contributed by atoms with Crippen LogP contribution in [0.15, 0.2) is 18.2 Å². The van der Waals surface area contributed by atoms with Crippen molar-refractivity contribution in [3.63, 3.8) is 0 Å². The van der Waals surface area contributed by atoms with E-state index in [1.54, 1.807) is 7.11 Å². The quantitative estimate of drug-likeness (QED) is 0.866. The summed E-state index contributed by atoms with van der Waals surface area (Å²) in [6, 6.07) is 6.73. The zero-order valence-electron chi connectivity index (χ0n) is 13.7. The fourth-order valence-electron chi connectivity index (χ4n) is 3.01. The van der Waals surface area contributed by atoms with Gasteiger partial charge in [-0.15, -0.1) is 0 Å². The number of nitrogens with one attached hydrogen (secondary N) is 1. The number of rotatable bonds is 6. The van der Waals surface area contributed by atoms with Gasteiger partial charge < -0.3 is 15.0 Å². The fraction of sp³-hybridized carbons (Fsp3) is 0.647. The van der Waals surface area contributed by atoms with Crippen LogP contribution in [0.3, 0.4) is 0 Å². The van der Waals surface area contributed by atoms with Gasteiger partial charge in [-0.2, -0.15) is 11.8 Å². The Morgan fingerprint density at radius 2 is 2.24 bits per heavy atom. The van der Waals surface area contributed by atoms with E-state index in [9.17, 15) is 0 Å². The van der Waals surface area contributed by atoms with Crippen LogP contribution in [0.2, 0.25) is 0 Å². The molecule has 0 saturated carbocycles. The molecule has 2 atom stereocenters. The van der Waals surface area contributed by atoms with E-state index in [0.717, 1.165) is 30.6 Å². The molecule has 0 radical (unpaired) electrons. The van der Waals surface area contributed by atoms with E-state index >= 15 is 0 Å². The van der Waals surface area contributed by atoms with Crippen molar-refractivity contribution in [2.75, 3.05) is 37.4 Å². The van der Waals surface area contributed by atoms with Crippen molar-refractivity contribution >= 4 is 17.4 Å². The summed E-state index contributed by atoms with van der Waals surface area (Å²) in [5.41, 5.74) is 2.63. The van der Waals surface area contributed by atoms with E-state index in [2.05, 4.69) is 60.9 Å². The van der Waals surface area contributed by atoms with Crippen LogP contribution >= 0.6 is 11.8 Å².